The number of para-hydroxylation sites is 1. The molecule has 0 bridgehead atoms. The second-order valence-corrected chi connectivity index (χ2v) is 4.95. The molecule has 0 aromatic heterocycles. The fourth-order valence-electron chi connectivity index (χ4n) is 2.39. The highest BCUT2D eigenvalue weighted by molar-refractivity contribution is 6.04. The number of nitrogens with one attached hydrogen (secondary N) is 1. The van der Waals surface area contributed by atoms with Crippen molar-refractivity contribution in [2.45, 2.75) is 12.7 Å². The SMILES string of the molecule is Cc1cc(F)cc(C2(N)N=C(N)c3ccccc3N2)c1. The number of hydrogen-bond acceptors (Lipinski definition) is 4. The Hall–Kier alpha value is -2.40. The smallest absolute Gasteiger partial charge is 0.211 e. The van der Waals surface area contributed by atoms with Crippen molar-refractivity contribution < 1.29 is 4.39 Å². The normalized spacial score (nSPS) is 20.9. The molecule has 1 unspecified atom stereocenters. The molecule has 2 aromatic carbocycles. The second kappa shape index (κ2) is 4.31. The fourth-order valence-corrected chi connectivity index (χ4v) is 2.39. The molecule has 0 saturated heterocycles. The molecule has 5 N–H and O–H groups in total. The summed E-state index contributed by atoms with van der Waals surface area (Å²) in [7, 11) is 0. The van der Waals surface area contributed by atoms with Crippen LogP contribution in [0.1, 0.15) is 16.7 Å². The Kier molecular flexibility index (Phi) is 2.72. The van der Waals surface area contributed by atoms with Crippen LogP contribution < -0.4 is 16.8 Å². The van der Waals surface area contributed by atoms with Gasteiger partial charge in [0.2, 0.25) is 5.79 Å². The van der Waals surface area contributed by atoms with Gasteiger partial charge in [-0.05, 0) is 36.8 Å². The highest BCUT2D eigenvalue weighted by atomic mass is 19.1. The highest BCUT2D eigenvalue weighted by Gasteiger charge is 2.32. The fraction of sp³-hybridized carbons (Fsp3) is 0.133. The molecule has 2 aromatic rings. The number of nitrogens with zero attached hydrogens (tertiary/aromatic N) is 1. The average molecular weight is 270 g/mol. The maximum Gasteiger partial charge on any atom is 0.211 e. The van der Waals surface area contributed by atoms with Crippen molar-refractivity contribution in [3.05, 3.63) is 65.0 Å². The van der Waals surface area contributed by atoms with Crippen LogP contribution in [0.2, 0.25) is 0 Å². The van der Waals surface area contributed by atoms with Crippen molar-refractivity contribution in [2.24, 2.45) is 16.5 Å². The zero-order valence-corrected chi connectivity index (χ0v) is 11.0. The summed E-state index contributed by atoms with van der Waals surface area (Å²) in [6, 6.07) is 12.1. The molecule has 1 heterocycles. The van der Waals surface area contributed by atoms with Crippen LogP contribution in [0.4, 0.5) is 10.1 Å². The number of aryl methyl sites for hydroxylation is 1. The minimum absolute atomic E-state index is 0.337. The number of benzene rings is 2. The Morgan fingerprint density at radius 3 is 2.70 bits per heavy atom. The quantitative estimate of drug-likeness (QED) is 0.742. The average Bonchev–Trinajstić information content (AvgIpc) is 2.37. The lowest BCUT2D eigenvalue weighted by molar-refractivity contribution is 0.528. The molecule has 3 rings (SSSR count). The second-order valence-electron chi connectivity index (χ2n) is 4.95. The van der Waals surface area contributed by atoms with Crippen LogP contribution in [0.25, 0.3) is 0 Å². The van der Waals surface area contributed by atoms with E-state index in [0.29, 0.717) is 11.4 Å². The van der Waals surface area contributed by atoms with Gasteiger partial charge in [-0.2, -0.15) is 0 Å². The zero-order chi connectivity index (χ0) is 14.3. The molecule has 0 radical (unpaired) electrons. The first-order valence-corrected chi connectivity index (χ1v) is 6.27. The molecule has 0 amide bonds. The molecular formula is C15H15FN4. The van der Waals surface area contributed by atoms with Crippen molar-refractivity contribution >= 4 is 11.5 Å². The van der Waals surface area contributed by atoms with Gasteiger partial charge in [-0.25, -0.2) is 9.38 Å². The van der Waals surface area contributed by atoms with Crippen LogP contribution in [0.3, 0.4) is 0 Å². The summed E-state index contributed by atoms with van der Waals surface area (Å²) in [4.78, 5) is 4.30. The van der Waals surface area contributed by atoms with E-state index >= 15 is 0 Å². The molecule has 20 heavy (non-hydrogen) atoms. The Bertz CT molecular complexity index is 691. The van der Waals surface area contributed by atoms with Crippen LogP contribution in [0.5, 0.6) is 0 Å². The molecule has 0 spiro atoms. The third-order valence-electron chi connectivity index (χ3n) is 3.31. The van der Waals surface area contributed by atoms with E-state index in [2.05, 4.69) is 10.3 Å². The number of rotatable bonds is 1. The predicted molar refractivity (Wildman–Crippen MR) is 77.8 cm³/mol. The Morgan fingerprint density at radius 2 is 1.95 bits per heavy atom. The standard InChI is InChI=1S/C15H15FN4/c1-9-6-10(8-11(16)7-9)15(18)19-13-5-3-2-4-12(13)14(17)20-15/h2-8,19H,18H2,1H3,(H2,17,20). The Labute approximate surface area is 116 Å². The van der Waals surface area contributed by atoms with Gasteiger partial charge in [0, 0.05) is 16.8 Å². The third-order valence-corrected chi connectivity index (χ3v) is 3.31. The molecule has 5 heteroatoms. The van der Waals surface area contributed by atoms with Crippen molar-refractivity contribution in [1.82, 2.24) is 0 Å². The summed E-state index contributed by atoms with van der Waals surface area (Å²) in [6.07, 6.45) is 0. The van der Waals surface area contributed by atoms with Crippen LogP contribution in [0, 0.1) is 12.7 Å². The maximum absolute atomic E-state index is 13.6. The largest absolute Gasteiger partial charge is 0.383 e. The van der Waals surface area contributed by atoms with E-state index in [-0.39, 0.29) is 5.82 Å². The van der Waals surface area contributed by atoms with Crippen LogP contribution in [-0.2, 0) is 5.79 Å². The van der Waals surface area contributed by atoms with Crippen LogP contribution in [-0.4, -0.2) is 5.84 Å². The minimum Gasteiger partial charge on any atom is -0.383 e. The van der Waals surface area contributed by atoms with Crippen LogP contribution >= 0.6 is 0 Å². The topological polar surface area (TPSA) is 76.4 Å². The molecule has 0 aliphatic carbocycles. The molecule has 1 aliphatic heterocycles. The van der Waals surface area contributed by atoms with Crippen molar-refractivity contribution in [3.8, 4) is 0 Å². The Morgan fingerprint density at radius 1 is 1.20 bits per heavy atom. The zero-order valence-electron chi connectivity index (χ0n) is 11.0. The lowest BCUT2D eigenvalue weighted by atomic mass is 10.0. The maximum atomic E-state index is 13.6. The number of amidine groups is 1. The van der Waals surface area contributed by atoms with Gasteiger partial charge in [0.25, 0.3) is 0 Å². The summed E-state index contributed by atoms with van der Waals surface area (Å²) >= 11 is 0. The molecule has 4 nitrogen and oxygen atoms in total. The number of hydrogen-bond donors (Lipinski definition) is 3. The van der Waals surface area contributed by atoms with Gasteiger partial charge in [0.15, 0.2) is 0 Å². The van der Waals surface area contributed by atoms with E-state index in [9.17, 15) is 4.39 Å². The minimum atomic E-state index is -1.26. The Balaban J connectivity index is 2.13. The summed E-state index contributed by atoms with van der Waals surface area (Å²) in [6.45, 7) is 1.81. The van der Waals surface area contributed by atoms with E-state index in [1.807, 2.05) is 24.3 Å². The van der Waals surface area contributed by atoms with Crippen molar-refractivity contribution in [3.63, 3.8) is 0 Å². The molecule has 1 aliphatic rings. The number of anilines is 1. The molecular weight excluding hydrogens is 255 g/mol. The van der Waals surface area contributed by atoms with Gasteiger partial charge in [-0.3, -0.25) is 5.73 Å². The van der Waals surface area contributed by atoms with E-state index in [1.54, 1.807) is 13.0 Å². The summed E-state index contributed by atoms with van der Waals surface area (Å²) in [5, 5.41) is 3.12. The summed E-state index contributed by atoms with van der Waals surface area (Å²) < 4.78 is 13.6. The number of fused-ring (bicyclic) bond motifs is 1. The highest BCUT2D eigenvalue weighted by Crippen LogP contribution is 2.30. The number of halogens is 1. The van der Waals surface area contributed by atoms with Gasteiger partial charge in [0.05, 0.1) is 0 Å². The first-order chi connectivity index (χ1) is 9.48. The molecule has 102 valence electrons. The van der Waals surface area contributed by atoms with Crippen molar-refractivity contribution in [1.29, 1.82) is 0 Å². The van der Waals surface area contributed by atoms with Gasteiger partial charge in [-0.15, -0.1) is 0 Å². The lowest BCUT2D eigenvalue weighted by Crippen LogP contribution is -2.47. The van der Waals surface area contributed by atoms with Gasteiger partial charge >= 0.3 is 0 Å². The van der Waals surface area contributed by atoms with Gasteiger partial charge in [-0.1, -0.05) is 18.2 Å². The number of nitrogens with two attached hydrogens (primary N) is 2. The van der Waals surface area contributed by atoms with Crippen LogP contribution in [0.15, 0.2) is 47.5 Å². The van der Waals surface area contributed by atoms with E-state index in [1.165, 1.54) is 12.1 Å². The van der Waals surface area contributed by atoms with E-state index < -0.39 is 5.79 Å². The molecule has 0 saturated carbocycles. The van der Waals surface area contributed by atoms with Gasteiger partial charge in [0.1, 0.15) is 11.7 Å². The first-order valence-electron chi connectivity index (χ1n) is 6.27. The van der Waals surface area contributed by atoms with Crippen molar-refractivity contribution in [2.75, 3.05) is 5.32 Å². The van der Waals surface area contributed by atoms with E-state index in [4.69, 9.17) is 11.5 Å². The monoisotopic (exact) mass is 270 g/mol. The lowest BCUT2D eigenvalue weighted by Gasteiger charge is -2.33. The summed E-state index contributed by atoms with van der Waals surface area (Å²) in [5.41, 5.74) is 15.1. The number of aliphatic imine (C=N–C) groups is 1. The predicted octanol–water partition coefficient (Wildman–Crippen LogP) is 2.03. The van der Waals surface area contributed by atoms with Gasteiger partial charge < -0.3 is 11.1 Å². The van der Waals surface area contributed by atoms with E-state index in [0.717, 1.165) is 16.8 Å². The third kappa shape index (κ3) is 2.02. The molecule has 1 atom stereocenters. The molecule has 0 fully saturated rings. The summed E-state index contributed by atoms with van der Waals surface area (Å²) in [5.74, 6) is -1.27. The first kappa shape index (κ1) is 12.6.